The van der Waals surface area contributed by atoms with Gasteiger partial charge in [0.05, 0.1) is 18.7 Å². The number of carbonyl (C=O) groups is 1. The van der Waals surface area contributed by atoms with Crippen LogP contribution in [0.3, 0.4) is 0 Å². The molecule has 1 aromatic heterocycles. The number of rotatable bonds is 5. The van der Waals surface area contributed by atoms with Crippen LogP contribution in [-0.4, -0.2) is 34.7 Å². The minimum absolute atomic E-state index is 0.201. The third kappa shape index (κ3) is 3.75. The van der Waals surface area contributed by atoms with Gasteiger partial charge in [0.1, 0.15) is 5.02 Å². The van der Waals surface area contributed by atoms with E-state index >= 15 is 0 Å². The molecule has 0 aliphatic heterocycles. The van der Waals surface area contributed by atoms with E-state index in [0.717, 1.165) is 25.7 Å². The van der Waals surface area contributed by atoms with Crippen molar-refractivity contribution in [2.75, 3.05) is 19.0 Å². The number of methoxy groups -OCH3 is 1. The maximum atomic E-state index is 11.7. The number of nitrogens with one attached hydrogen (secondary N) is 1. The van der Waals surface area contributed by atoms with Crippen molar-refractivity contribution in [2.24, 2.45) is 5.41 Å². The quantitative estimate of drug-likeness (QED) is 0.813. The highest BCUT2D eigenvalue weighted by Gasteiger charge is 2.38. The van der Waals surface area contributed by atoms with E-state index in [1.165, 1.54) is 13.3 Å². The molecule has 1 heterocycles. The second-order valence-corrected chi connectivity index (χ2v) is 5.81. The van der Waals surface area contributed by atoms with Crippen molar-refractivity contribution in [3.8, 4) is 6.01 Å². The molecule has 2 rings (SSSR count). The molecule has 0 spiro atoms. The van der Waals surface area contributed by atoms with Gasteiger partial charge in [0.15, 0.2) is 5.82 Å². The highest BCUT2D eigenvalue weighted by atomic mass is 35.5. The van der Waals surface area contributed by atoms with Gasteiger partial charge >= 0.3 is 12.0 Å². The zero-order valence-electron chi connectivity index (χ0n) is 12.1. The molecule has 0 bridgehead atoms. The molecule has 6 nitrogen and oxygen atoms in total. The maximum absolute atomic E-state index is 11.7. The standard InChI is InChI=1S/C14H20ClN3O3/c1-21-13-16-8-10(15)11(18-13)17-9-14(12(19)20)6-4-2-3-5-7-14/h8H,2-7,9H2,1H3,(H,19,20)(H,16,17,18). The Kier molecular flexibility index (Phi) is 5.22. The van der Waals surface area contributed by atoms with Crippen LogP contribution in [-0.2, 0) is 4.79 Å². The van der Waals surface area contributed by atoms with Gasteiger partial charge in [0.25, 0.3) is 0 Å². The summed E-state index contributed by atoms with van der Waals surface area (Å²) in [6.07, 6.45) is 6.86. The molecule has 116 valence electrons. The molecule has 1 saturated carbocycles. The van der Waals surface area contributed by atoms with E-state index in [-0.39, 0.29) is 6.01 Å². The summed E-state index contributed by atoms with van der Waals surface area (Å²) in [6, 6.07) is 0.201. The zero-order chi connectivity index (χ0) is 15.3. The van der Waals surface area contributed by atoms with Crippen LogP contribution in [0.25, 0.3) is 0 Å². The molecule has 0 saturated heterocycles. The lowest BCUT2D eigenvalue weighted by atomic mass is 9.80. The molecule has 1 aliphatic carbocycles. The molecule has 2 N–H and O–H groups in total. The maximum Gasteiger partial charge on any atom is 0.318 e. The Bertz CT molecular complexity index is 502. The molecule has 0 aromatic carbocycles. The van der Waals surface area contributed by atoms with Crippen LogP contribution in [0.15, 0.2) is 6.20 Å². The number of anilines is 1. The fourth-order valence-corrected chi connectivity index (χ4v) is 2.86. The minimum Gasteiger partial charge on any atom is -0.481 e. The summed E-state index contributed by atoms with van der Waals surface area (Å²) in [5.74, 6) is -0.345. The van der Waals surface area contributed by atoms with Crippen molar-refractivity contribution in [3.05, 3.63) is 11.2 Å². The van der Waals surface area contributed by atoms with Crippen LogP contribution >= 0.6 is 11.6 Å². The van der Waals surface area contributed by atoms with Gasteiger partial charge in [-0.15, -0.1) is 0 Å². The molecule has 0 atom stereocenters. The average Bonchev–Trinajstić information content (AvgIpc) is 2.73. The highest BCUT2D eigenvalue weighted by Crippen LogP contribution is 2.36. The molecular formula is C14H20ClN3O3. The van der Waals surface area contributed by atoms with Crippen molar-refractivity contribution >= 4 is 23.4 Å². The minimum atomic E-state index is -0.756. The van der Waals surface area contributed by atoms with Crippen LogP contribution < -0.4 is 10.1 Å². The third-order valence-electron chi connectivity index (χ3n) is 4.01. The predicted octanol–water partition coefficient (Wildman–Crippen LogP) is 2.98. The lowest BCUT2D eigenvalue weighted by Crippen LogP contribution is -2.37. The Morgan fingerprint density at radius 1 is 1.43 bits per heavy atom. The van der Waals surface area contributed by atoms with Crippen molar-refractivity contribution in [3.63, 3.8) is 0 Å². The smallest absolute Gasteiger partial charge is 0.318 e. The summed E-state index contributed by atoms with van der Waals surface area (Å²) in [7, 11) is 1.47. The molecule has 0 unspecified atom stereocenters. The lowest BCUT2D eigenvalue weighted by molar-refractivity contribution is -0.149. The molecule has 1 aromatic rings. The van der Waals surface area contributed by atoms with Gasteiger partial charge in [0.2, 0.25) is 0 Å². The first-order chi connectivity index (χ1) is 10.1. The first kappa shape index (κ1) is 15.8. The summed E-state index contributed by atoms with van der Waals surface area (Å²) in [5.41, 5.74) is -0.752. The van der Waals surface area contributed by atoms with Gasteiger partial charge in [-0.2, -0.15) is 4.98 Å². The van der Waals surface area contributed by atoms with E-state index in [1.54, 1.807) is 0 Å². The number of nitrogens with zero attached hydrogens (tertiary/aromatic N) is 2. The Balaban J connectivity index is 2.13. The largest absolute Gasteiger partial charge is 0.481 e. The average molecular weight is 314 g/mol. The number of hydrogen-bond donors (Lipinski definition) is 2. The van der Waals surface area contributed by atoms with Crippen LogP contribution in [0.2, 0.25) is 5.02 Å². The number of carboxylic acid groups (broad SMARTS) is 1. The Morgan fingerprint density at radius 3 is 2.67 bits per heavy atom. The fourth-order valence-electron chi connectivity index (χ4n) is 2.70. The summed E-state index contributed by atoms with van der Waals surface area (Å²) >= 11 is 6.04. The molecule has 7 heteroatoms. The van der Waals surface area contributed by atoms with Crippen LogP contribution in [0.4, 0.5) is 5.82 Å². The van der Waals surface area contributed by atoms with E-state index in [2.05, 4.69) is 15.3 Å². The molecular weight excluding hydrogens is 294 g/mol. The molecule has 21 heavy (non-hydrogen) atoms. The van der Waals surface area contributed by atoms with Crippen LogP contribution in [0, 0.1) is 5.41 Å². The van der Waals surface area contributed by atoms with E-state index in [1.807, 2.05) is 0 Å². The fraction of sp³-hybridized carbons (Fsp3) is 0.643. The first-order valence-electron chi connectivity index (χ1n) is 7.11. The molecule has 1 aliphatic rings. The molecule has 1 fully saturated rings. The third-order valence-corrected chi connectivity index (χ3v) is 4.29. The highest BCUT2D eigenvalue weighted by molar-refractivity contribution is 6.32. The van der Waals surface area contributed by atoms with Gasteiger partial charge in [0, 0.05) is 6.54 Å². The van der Waals surface area contributed by atoms with Crippen LogP contribution in [0.1, 0.15) is 38.5 Å². The zero-order valence-corrected chi connectivity index (χ0v) is 12.8. The number of ether oxygens (including phenoxy) is 1. The number of aliphatic carboxylic acids is 1. The van der Waals surface area contributed by atoms with E-state index in [4.69, 9.17) is 16.3 Å². The van der Waals surface area contributed by atoms with Crippen molar-refractivity contribution < 1.29 is 14.6 Å². The second-order valence-electron chi connectivity index (χ2n) is 5.41. The SMILES string of the molecule is COc1ncc(Cl)c(NCC2(C(=O)O)CCCCCC2)n1. The van der Waals surface area contributed by atoms with E-state index < -0.39 is 11.4 Å². The van der Waals surface area contributed by atoms with Crippen molar-refractivity contribution in [1.29, 1.82) is 0 Å². The number of hydrogen-bond acceptors (Lipinski definition) is 5. The van der Waals surface area contributed by atoms with Gasteiger partial charge in [-0.05, 0) is 12.8 Å². The normalized spacial score (nSPS) is 17.8. The van der Waals surface area contributed by atoms with Gasteiger partial charge in [-0.25, -0.2) is 4.98 Å². The van der Waals surface area contributed by atoms with Crippen molar-refractivity contribution in [2.45, 2.75) is 38.5 Å². The Morgan fingerprint density at radius 2 is 2.10 bits per heavy atom. The topological polar surface area (TPSA) is 84.3 Å². The predicted molar refractivity (Wildman–Crippen MR) is 79.9 cm³/mol. The van der Waals surface area contributed by atoms with Gasteiger partial charge in [-0.3, -0.25) is 4.79 Å². The van der Waals surface area contributed by atoms with Crippen LogP contribution in [0.5, 0.6) is 6.01 Å². The Labute approximate surface area is 128 Å². The van der Waals surface area contributed by atoms with E-state index in [9.17, 15) is 9.90 Å². The van der Waals surface area contributed by atoms with E-state index in [0.29, 0.717) is 30.2 Å². The van der Waals surface area contributed by atoms with Gasteiger partial charge < -0.3 is 15.2 Å². The number of halogens is 1. The summed E-state index contributed by atoms with van der Waals surface area (Å²) in [5, 5.41) is 13.0. The first-order valence-corrected chi connectivity index (χ1v) is 7.49. The second kappa shape index (κ2) is 6.93. The monoisotopic (exact) mass is 313 g/mol. The molecule has 0 radical (unpaired) electrons. The number of carboxylic acids is 1. The summed E-state index contributed by atoms with van der Waals surface area (Å²) in [4.78, 5) is 19.7. The molecule has 0 amide bonds. The lowest BCUT2D eigenvalue weighted by Gasteiger charge is -2.28. The van der Waals surface area contributed by atoms with Crippen molar-refractivity contribution in [1.82, 2.24) is 9.97 Å². The summed E-state index contributed by atoms with van der Waals surface area (Å²) in [6.45, 7) is 0.308. The summed E-state index contributed by atoms with van der Waals surface area (Å²) < 4.78 is 4.96. The number of aromatic nitrogens is 2. The Hall–Kier alpha value is -1.56. The van der Waals surface area contributed by atoms with Gasteiger partial charge in [-0.1, -0.05) is 37.3 Å².